The van der Waals surface area contributed by atoms with Crippen molar-refractivity contribution in [3.05, 3.63) is 115 Å². The zero-order chi connectivity index (χ0) is 27.7. The second kappa shape index (κ2) is 11.1. The highest BCUT2D eigenvalue weighted by atomic mass is 79.9. The third-order valence-corrected chi connectivity index (χ3v) is 7.79. The Morgan fingerprint density at radius 2 is 1.85 bits per heavy atom. The molecular formula is C28H23BrClFN4O4. The van der Waals surface area contributed by atoms with Gasteiger partial charge in [0.15, 0.2) is 0 Å². The van der Waals surface area contributed by atoms with Crippen molar-refractivity contribution in [2.75, 3.05) is 13.7 Å². The van der Waals surface area contributed by atoms with Gasteiger partial charge in [-0.2, -0.15) is 0 Å². The van der Waals surface area contributed by atoms with Crippen LogP contribution in [0.15, 0.2) is 76.0 Å². The lowest BCUT2D eigenvalue weighted by atomic mass is 10.1. The highest BCUT2D eigenvalue weighted by molar-refractivity contribution is 9.10. The van der Waals surface area contributed by atoms with Gasteiger partial charge in [-0.05, 0) is 52.3 Å². The van der Waals surface area contributed by atoms with Crippen molar-refractivity contribution in [1.82, 2.24) is 19.4 Å². The normalized spacial score (nSPS) is 12.7. The average Bonchev–Trinajstić information content (AvgIpc) is 3.25. The van der Waals surface area contributed by atoms with E-state index < -0.39 is 17.4 Å². The summed E-state index contributed by atoms with van der Waals surface area (Å²) in [5.41, 5.74) is 1.24. The number of ether oxygens (including phenoxy) is 1. The van der Waals surface area contributed by atoms with E-state index in [1.807, 2.05) is 0 Å². The molecule has 2 amide bonds. The molecule has 0 unspecified atom stereocenters. The SMILES string of the molecule is COc1ccc(CNC(=O)c2c3n(c(=O)n2-c2ccccc2)CCN(C(=O)c2ccc(Br)c(Cl)c2)C3)c(F)c1. The van der Waals surface area contributed by atoms with Crippen LogP contribution in [0, 0.1) is 5.82 Å². The maximum absolute atomic E-state index is 14.5. The van der Waals surface area contributed by atoms with E-state index in [1.54, 1.807) is 59.5 Å². The van der Waals surface area contributed by atoms with Crippen molar-refractivity contribution in [1.29, 1.82) is 0 Å². The Hall–Kier alpha value is -3.89. The highest BCUT2D eigenvalue weighted by Crippen LogP contribution is 2.26. The molecule has 200 valence electrons. The lowest BCUT2D eigenvalue weighted by Crippen LogP contribution is -2.41. The summed E-state index contributed by atoms with van der Waals surface area (Å²) in [5.74, 6) is -1.01. The van der Waals surface area contributed by atoms with E-state index in [0.717, 1.165) is 0 Å². The van der Waals surface area contributed by atoms with Crippen molar-refractivity contribution in [2.24, 2.45) is 0 Å². The number of methoxy groups -OCH3 is 1. The van der Waals surface area contributed by atoms with Gasteiger partial charge in [-0.15, -0.1) is 0 Å². The summed E-state index contributed by atoms with van der Waals surface area (Å²) in [5, 5.41) is 3.14. The minimum atomic E-state index is -0.569. The number of nitrogens with zero attached hydrogens (tertiary/aromatic N) is 3. The number of amides is 2. The van der Waals surface area contributed by atoms with Crippen LogP contribution in [0.2, 0.25) is 5.02 Å². The van der Waals surface area contributed by atoms with E-state index in [-0.39, 0.29) is 43.3 Å². The molecule has 1 aliphatic rings. The Kier molecular flexibility index (Phi) is 7.58. The number of halogens is 3. The smallest absolute Gasteiger partial charge is 0.333 e. The second-order valence-electron chi connectivity index (χ2n) is 8.90. The molecule has 4 aromatic rings. The van der Waals surface area contributed by atoms with Crippen molar-refractivity contribution in [2.45, 2.75) is 19.6 Å². The predicted molar refractivity (Wildman–Crippen MR) is 148 cm³/mol. The third-order valence-electron chi connectivity index (χ3n) is 6.56. The molecule has 1 aliphatic heterocycles. The molecule has 39 heavy (non-hydrogen) atoms. The summed E-state index contributed by atoms with van der Waals surface area (Å²) >= 11 is 9.52. The molecule has 0 saturated carbocycles. The van der Waals surface area contributed by atoms with E-state index >= 15 is 0 Å². The molecular weight excluding hydrogens is 591 g/mol. The van der Waals surface area contributed by atoms with Crippen LogP contribution in [0.5, 0.6) is 5.75 Å². The molecule has 2 heterocycles. The highest BCUT2D eigenvalue weighted by Gasteiger charge is 2.32. The Labute approximate surface area is 236 Å². The van der Waals surface area contributed by atoms with Gasteiger partial charge in [-0.1, -0.05) is 35.9 Å². The van der Waals surface area contributed by atoms with Crippen LogP contribution in [-0.2, 0) is 19.6 Å². The largest absolute Gasteiger partial charge is 0.497 e. The number of imidazole rings is 1. The summed E-state index contributed by atoms with van der Waals surface area (Å²) in [6.45, 7) is 0.400. The zero-order valence-corrected chi connectivity index (χ0v) is 23.1. The molecule has 11 heteroatoms. The summed E-state index contributed by atoms with van der Waals surface area (Å²) in [7, 11) is 1.44. The van der Waals surface area contributed by atoms with Crippen LogP contribution < -0.4 is 15.7 Å². The summed E-state index contributed by atoms with van der Waals surface area (Å²) in [4.78, 5) is 42.0. The minimum absolute atomic E-state index is 0.0290. The number of para-hydroxylation sites is 1. The number of fused-ring (bicyclic) bond motifs is 1. The molecule has 0 atom stereocenters. The van der Waals surface area contributed by atoms with Gasteiger partial charge in [0, 0.05) is 41.3 Å². The lowest BCUT2D eigenvalue weighted by molar-refractivity contribution is 0.0706. The summed E-state index contributed by atoms with van der Waals surface area (Å²) in [6.07, 6.45) is 0. The van der Waals surface area contributed by atoms with Crippen molar-refractivity contribution >= 4 is 39.3 Å². The number of hydrogen-bond donors (Lipinski definition) is 1. The fourth-order valence-electron chi connectivity index (χ4n) is 4.55. The molecule has 1 N–H and O–H groups in total. The first-order valence-electron chi connectivity index (χ1n) is 12.0. The van der Waals surface area contributed by atoms with Crippen LogP contribution in [-0.4, -0.2) is 39.5 Å². The number of nitrogens with one attached hydrogen (secondary N) is 1. The van der Waals surface area contributed by atoms with Crippen LogP contribution in [0.1, 0.15) is 32.1 Å². The van der Waals surface area contributed by atoms with Crippen LogP contribution in [0.3, 0.4) is 0 Å². The summed E-state index contributed by atoms with van der Waals surface area (Å²) < 4.78 is 23.1. The average molecular weight is 614 g/mol. The lowest BCUT2D eigenvalue weighted by Gasteiger charge is -2.28. The molecule has 8 nitrogen and oxygen atoms in total. The fraction of sp³-hybridized carbons (Fsp3) is 0.179. The molecule has 5 rings (SSSR count). The van der Waals surface area contributed by atoms with Gasteiger partial charge < -0.3 is 15.0 Å². The van der Waals surface area contributed by atoms with Gasteiger partial charge in [0.05, 0.1) is 30.1 Å². The molecule has 0 radical (unpaired) electrons. The molecule has 0 aliphatic carbocycles. The Morgan fingerprint density at radius 3 is 2.54 bits per heavy atom. The van der Waals surface area contributed by atoms with E-state index in [9.17, 15) is 18.8 Å². The van der Waals surface area contributed by atoms with Gasteiger partial charge in [0.1, 0.15) is 17.3 Å². The predicted octanol–water partition coefficient (Wildman–Crippen LogP) is 4.79. The number of benzene rings is 3. The molecule has 0 spiro atoms. The van der Waals surface area contributed by atoms with E-state index in [1.165, 1.54) is 28.4 Å². The van der Waals surface area contributed by atoms with Crippen molar-refractivity contribution < 1.29 is 18.7 Å². The van der Waals surface area contributed by atoms with Gasteiger partial charge >= 0.3 is 5.69 Å². The first kappa shape index (κ1) is 26.7. The molecule has 0 saturated heterocycles. The Balaban J connectivity index is 1.50. The summed E-state index contributed by atoms with van der Waals surface area (Å²) in [6, 6.07) is 18.1. The fourth-order valence-corrected chi connectivity index (χ4v) is 4.98. The third kappa shape index (κ3) is 5.22. The zero-order valence-electron chi connectivity index (χ0n) is 20.8. The van der Waals surface area contributed by atoms with Gasteiger partial charge in [0.25, 0.3) is 11.8 Å². The van der Waals surface area contributed by atoms with Gasteiger partial charge in [-0.25, -0.2) is 9.18 Å². The van der Waals surface area contributed by atoms with Crippen molar-refractivity contribution in [3.8, 4) is 11.4 Å². The molecule has 3 aromatic carbocycles. The van der Waals surface area contributed by atoms with E-state index in [4.69, 9.17) is 16.3 Å². The number of hydrogen-bond acceptors (Lipinski definition) is 4. The first-order valence-corrected chi connectivity index (χ1v) is 13.2. The molecule has 0 bridgehead atoms. The molecule has 0 fully saturated rings. The number of aromatic nitrogens is 2. The Morgan fingerprint density at radius 1 is 1.08 bits per heavy atom. The van der Waals surface area contributed by atoms with Crippen molar-refractivity contribution in [3.63, 3.8) is 0 Å². The monoisotopic (exact) mass is 612 g/mol. The maximum Gasteiger partial charge on any atom is 0.333 e. The first-order chi connectivity index (χ1) is 18.8. The quantitative estimate of drug-likeness (QED) is 0.339. The number of carbonyl (C=O) groups excluding carboxylic acids is 2. The Bertz CT molecular complexity index is 1640. The number of rotatable bonds is 6. The van der Waals surface area contributed by atoms with Crippen LogP contribution in [0.25, 0.3) is 5.69 Å². The van der Waals surface area contributed by atoms with E-state index in [2.05, 4.69) is 21.2 Å². The topological polar surface area (TPSA) is 85.6 Å². The molecule has 1 aromatic heterocycles. The van der Waals surface area contributed by atoms with Gasteiger partial charge in [0.2, 0.25) is 0 Å². The van der Waals surface area contributed by atoms with Gasteiger partial charge in [-0.3, -0.25) is 18.7 Å². The minimum Gasteiger partial charge on any atom is -0.497 e. The standard InChI is InChI=1S/C28H23BrClFN4O4/c1-39-20-9-7-18(23(31)14-20)15-32-26(36)25-24-16-33(27(37)17-8-10-21(29)22(30)13-17)11-12-34(24)28(38)35(25)19-5-3-2-4-6-19/h2-10,13-14H,11-12,15-16H2,1H3,(H,32,36). The number of carbonyl (C=O) groups is 2. The maximum atomic E-state index is 14.5. The van der Waals surface area contributed by atoms with Crippen LogP contribution in [0.4, 0.5) is 4.39 Å². The van der Waals surface area contributed by atoms with Crippen LogP contribution >= 0.6 is 27.5 Å². The van der Waals surface area contributed by atoms with E-state index in [0.29, 0.717) is 32.2 Å². The second-order valence-corrected chi connectivity index (χ2v) is 10.2.